The molecule has 0 aromatic heterocycles. The third-order valence-electron chi connectivity index (χ3n) is 9.51. The number of rotatable bonds is 10. The average molecular weight is 697 g/mol. The van der Waals surface area contributed by atoms with E-state index in [2.05, 4.69) is 0 Å². The van der Waals surface area contributed by atoms with E-state index in [9.17, 15) is 45.3 Å². The predicted molar refractivity (Wildman–Crippen MR) is 158 cm³/mol. The Morgan fingerprint density at radius 3 is 2.29 bits per heavy atom. The molecule has 4 aliphatic heterocycles. The molecule has 17 nitrogen and oxygen atoms in total. The summed E-state index contributed by atoms with van der Waals surface area (Å²) in [5.41, 5.74) is -0.699. The van der Waals surface area contributed by atoms with E-state index in [-0.39, 0.29) is 5.75 Å². The molecule has 1 saturated carbocycles. The van der Waals surface area contributed by atoms with Gasteiger partial charge in [0.05, 0.1) is 37.6 Å². The smallest absolute Gasteiger partial charge is 0.331 e. The van der Waals surface area contributed by atoms with Crippen molar-refractivity contribution in [1.29, 1.82) is 0 Å². The normalized spacial score (nSPS) is 44.1. The number of esters is 2. The molecule has 6 rings (SSSR count). The summed E-state index contributed by atoms with van der Waals surface area (Å²) in [7, 11) is 0. The second-order valence-electron chi connectivity index (χ2n) is 12.6. The number of fused-ring (bicyclic) bond motifs is 3. The monoisotopic (exact) mass is 696 g/mol. The number of ether oxygens (including phenoxy) is 8. The first-order chi connectivity index (χ1) is 23.4. The molecule has 4 heterocycles. The molecule has 270 valence electrons. The number of hydrogen-bond donors (Lipinski definition) is 7. The highest BCUT2D eigenvalue weighted by Gasteiger charge is 2.77. The van der Waals surface area contributed by atoms with Gasteiger partial charge in [-0.2, -0.15) is 0 Å². The van der Waals surface area contributed by atoms with Gasteiger partial charge in [0.25, 0.3) is 0 Å². The van der Waals surface area contributed by atoms with Crippen LogP contribution in [-0.4, -0.2) is 146 Å². The highest BCUT2D eigenvalue weighted by Crippen LogP contribution is 2.61. The Kier molecular flexibility index (Phi) is 10.3. The molecular weight excluding hydrogens is 656 g/mol. The lowest BCUT2D eigenvalue weighted by Gasteiger charge is -2.44. The molecule has 0 bridgehead atoms. The van der Waals surface area contributed by atoms with Crippen molar-refractivity contribution in [2.75, 3.05) is 13.2 Å². The van der Waals surface area contributed by atoms with E-state index in [1.807, 2.05) is 0 Å². The van der Waals surface area contributed by atoms with E-state index in [1.54, 1.807) is 18.2 Å². The number of phenolic OH excluding ortho intramolecular Hbond substituents is 1. The zero-order valence-corrected chi connectivity index (χ0v) is 26.4. The number of hydrogen-bond acceptors (Lipinski definition) is 17. The van der Waals surface area contributed by atoms with Crippen molar-refractivity contribution in [1.82, 2.24) is 0 Å². The fourth-order valence-corrected chi connectivity index (χ4v) is 6.93. The predicted octanol–water partition coefficient (Wildman–Crippen LogP) is -2.20. The van der Waals surface area contributed by atoms with Gasteiger partial charge in [0.15, 0.2) is 24.8 Å². The largest absolute Gasteiger partial charge is 0.508 e. The lowest BCUT2D eigenvalue weighted by Crippen LogP contribution is -2.61. The van der Waals surface area contributed by atoms with Gasteiger partial charge in [-0.15, -0.1) is 0 Å². The summed E-state index contributed by atoms with van der Waals surface area (Å²) in [5.74, 6) is -3.02. The summed E-state index contributed by atoms with van der Waals surface area (Å²) in [6, 6.07) is 6.00. The van der Waals surface area contributed by atoms with Crippen molar-refractivity contribution in [2.45, 2.75) is 99.4 Å². The summed E-state index contributed by atoms with van der Waals surface area (Å²) in [6.07, 6.45) is -11.9. The van der Waals surface area contributed by atoms with Crippen LogP contribution in [0.15, 0.2) is 42.7 Å². The second-order valence-corrected chi connectivity index (χ2v) is 12.6. The SMILES string of the molecule is CC(=O)O[C@@H]1[C@@H](O)[C@H](C)O[C@@H](O[C@H]2[C@@H]3C=CO[C@@H](O[C@@H]4O[C@H](CO)[C@@H](O)[C@H](O)[C@H]4O)[C@@H]3[C@@]3(CO)O[C@@H]23)[C@@H]1OC(=O)/C=C\c1ccc(O)cc1. The number of phenols is 1. The minimum absolute atomic E-state index is 0.0385. The van der Waals surface area contributed by atoms with Crippen LogP contribution in [0.3, 0.4) is 0 Å². The van der Waals surface area contributed by atoms with E-state index >= 15 is 0 Å². The molecule has 0 spiro atoms. The molecule has 4 fully saturated rings. The Morgan fingerprint density at radius 2 is 1.61 bits per heavy atom. The molecule has 17 heteroatoms. The van der Waals surface area contributed by atoms with Crippen LogP contribution in [0, 0.1) is 11.8 Å². The molecule has 49 heavy (non-hydrogen) atoms. The molecule has 7 N–H and O–H groups in total. The van der Waals surface area contributed by atoms with Gasteiger partial charge in [-0.05, 0) is 36.8 Å². The maximum absolute atomic E-state index is 13.0. The van der Waals surface area contributed by atoms with Crippen LogP contribution in [0.4, 0.5) is 0 Å². The molecule has 5 aliphatic rings. The van der Waals surface area contributed by atoms with Crippen molar-refractivity contribution in [3.05, 3.63) is 48.2 Å². The van der Waals surface area contributed by atoms with Crippen LogP contribution in [0.25, 0.3) is 6.08 Å². The van der Waals surface area contributed by atoms with Gasteiger partial charge in [-0.1, -0.05) is 12.1 Å². The van der Waals surface area contributed by atoms with Crippen molar-refractivity contribution in [3.63, 3.8) is 0 Å². The van der Waals surface area contributed by atoms with E-state index in [0.29, 0.717) is 5.56 Å². The van der Waals surface area contributed by atoms with E-state index in [4.69, 9.17) is 37.9 Å². The Labute approximate surface area is 279 Å². The number of aliphatic hydroxyl groups excluding tert-OH is 6. The fraction of sp³-hybridized carbons (Fsp3) is 0.625. The lowest BCUT2D eigenvalue weighted by atomic mass is 9.85. The van der Waals surface area contributed by atoms with Crippen LogP contribution in [0.2, 0.25) is 0 Å². The molecule has 1 aromatic carbocycles. The van der Waals surface area contributed by atoms with E-state index in [1.165, 1.54) is 31.4 Å². The summed E-state index contributed by atoms with van der Waals surface area (Å²) in [6.45, 7) is 1.46. The summed E-state index contributed by atoms with van der Waals surface area (Å²) in [5, 5.41) is 71.5. The summed E-state index contributed by atoms with van der Waals surface area (Å²) in [4.78, 5) is 25.1. The van der Waals surface area contributed by atoms with Crippen molar-refractivity contribution >= 4 is 18.0 Å². The van der Waals surface area contributed by atoms with Gasteiger partial charge < -0.3 is 73.6 Å². The summed E-state index contributed by atoms with van der Waals surface area (Å²) >= 11 is 0. The Bertz CT molecular complexity index is 1400. The summed E-state index contributed by atoms with van der Waals surface area (Å²) < 4.78 is 46.5. The van der Waals surface area contributed by atoms with Gasteiger partial charge in [-0.25, -0.2) is 4.79 Å². The van der Waals surface area contributed by atoms with Crippen molar-refractivity contribution in [3.8, 4) is 5.75 Å². The molecule has 0 radical (unpaired) electrons. The number of benzene rings is 1. The maximum Gasteiger partial charge on any atom is 0.331 e. The third-order valence-corrected chi connectivity index (χ3v) is 9.51. The van der Waals surface area contributed by atoms with Crippen LogP contribution >= 0.6 is 0 Å². The number of aliphatic hydroxyl groups is 6. The van der Waals surface area contributed by atoms with E-state index in [0.717, 1.165) is 13.0 Å². The number of aromatic hydroxyl groups is 1. The van der Waals surface area contributed by atoms with Crippen molar-refractivity contribution < 1.29 is 83.2 Å². The van der Waals surface area contributed by atoms with Gasteiger partial charge >= 0.3 is 11.9 Å². The Hall–Kier alpha value is -3.20. The topological polar surface area (TPSA) is 253 Å². The molecule has 16 atom stereocenters. The average Bonchev–Trinajstić information content (AvgIpc) is 3.75. The fourth-order valence-electron chi connectivity index (χ4n) is 6.93. The number of carbonyl (C=O) groups is 2. The molecule has 3 saturated heterocycles. The lowest BCUT2D eigenvalue weighted by molar-refractivity contribution is -0.347. The van der Waals surface area contributed by atoms with Crippen LogP contribution in [0.5, 0.6) is 5.75 Å². The zero-order chi connectivity index (χ0) is 35.2. The highest BCUT2D eigenvalue weighted by atomic mass is 16.8. The van der Waals surface area contributed by atoms with Crippen LogP contribution in [0.1, 0.15) is 19.4 Å². The standard InChI is InChI=1S/C32H40O17/c1-13-21(38)26(44-14(2)35)27(46-19(37)8-5-15-3-6-16(36)7-4-15)31(43-13)47-25-17-9-10-42-29(20(17)32(12-34)28(25)49-32)48-30-24(41)23(40)22(39)18(11-33)45-30/h3-10,13,17-18,20-31,33-34,36,38-41H,11-12H2,1-2H3/b8-5-/t13-,17+,18+,20+,21-,22+,23-,24+,25-,26+,27+,28-,29-,30-,31-,32+/m0/s1. The first-order valence-corrected chi connectivity index (χ1v) is 15.8. The van der Waals surface area contributed by atoms with Gasteiger partial charge in [0.1, 0.15) is 48.0 Å². The minimum atomic E-state index is -1.72. The van der Waals surface area contributed by atoms with Gasteiger partial charge in [-0.3, -0.25) is 4.79 Å². The molecule has 0 amide bonds. The number of epoxide rings is 1. The van der Waals surface area contributed by atoms with Gasteiger partial charge in [0.2, 0.25) is 6.29 Å². The van der Waals surface area contributed by atoms with Gasteiger partial charge in [0, 0.05) is 18.9 Å². The van der Waals surface area contributed by atoms with Crippen molar-refractivity contribution in [2.24, 2.45) is 11.8 Å². The molecule has 1 aliphatic carbocycles. The van der Waals surface area contributed by atoms with E-state index < -0.39 is 122 Å². The third kappa shape index (κ3) is 6.81. The molecule has 1 aromatic rings. The minimum Gasteiger partial charge on any atom is -0.508 e. The molecule has 0 unspecified atom stereocenters. The Balaban J connectivity index is 1.23. The van der Waals surface area contributed by atoms with Crippen LogP contribution < -0.4 is 0 Å². The van der Waals surface area contributed by atoms with Crippen LogP contribution in [-0.2, 0) is 47.5 Å². The molecular formula is C32H40O17. The first-order valence-electron chi connectivity index (χ1n) is 15.8. The zero-order valence-electron chi connectivity index (χ0n) is 26.4. The maximum atomic E-state index is 13.0. The number of carbonyl (C=O) groups excluding carboxylic acids is 2. The highest BCUT2D eigenvalue weighted by molar-refractivity contribution is 5.87. The Morgan fingerprint density at radius 1 is 0.878 bits per heavy atom. The first kappa shape index (κ1) is 35.6. The quantitative estimate of drug-likeness (QED) is 0.0779. The second kappa shape index (κ2) is 14.2.